The van der Waals surface area contributed by atoms with Gasteiger partial charge >= 0.3 is 5.97 Å². The number of hydrogen-bond donors (Lipinski definition) is 1. The zero-order valence-corrected chi connectivity index (χ0v) is 21.1. The quantitative estimate of drug-likeness (QED) is 0.323. The number of carbonyl (C=O) groups excluding carboxylic acids is 2. The molecule has 1 aliphatic rings. The van der Waals surface area contributed by atoms with Gasteiger partial charge < -0.3 is 10.1 Å². The molecule has 0 saturated heterocycles. The predicted octanol–water partition coefficient (Wildman–Crippen LogP) is 5.88. The van der Waals surface area contributed by atoms with Gasteiger partial charge in [0.2, 0.25) is 0 Å². The molecule has 0 fully saturated rings. The van der Waals surface area contributed by atoms with Crippen molar-refractivity contribution in [2.45, 2.75) is 31.3 Å². The Morgan fingerprint density at radius 3 is 2.58 bits per heavy atom. The number of halogens is 1. The minimum absolute atomic E-state index is 0. The third kappa shape index (κ3) is 5.79. The van der Waals surface area contributed by atoms with Gasteiger partial charge in [0.15, 0.2) is 0 Å². The number of benzene rings is 2. The maximum absolute atomic E-state index is 13.1. The van der Waals surface area contributed by atoms with E-state index >= 15 is 0 Å². The van der Waals surface area contributed by atoms with Crippen LogP contribution in [0.4, 0.5) is 5.00 Å². The first-order chi connectivity index (χ1) is 15.6. The van der Waals surface area contributed by atoms with Gasteiger partial charge in [-0.3, -0.25) is 9.69 Å². The van der Waals surface area contributed by atoms with Crippen molar-refractivity contribution < 1.29 is 14.3 Å². The van der Waals surface area contributed by atoms with Crippen LogP contribution in [-0.2, 0) is 24.2 Å². The summed E-state index contributed by atoms with van der Waals surface area (Å²) in [6, 6.07) is 17.9. The number of nitrogens with one attached hydrogen (secondary N) is 1. The minimum Gasteiger partial charge on any atom is -0.462 e. The fraction of sp³-hybridized carbons (Fsp3) is 0.280. The number of thiophene rings is 1. The van der Waals surface area contributed by atoms with Crippen LogP contribution in [0.5, 0.6) is 0 Å². The first-order valence-corrected chi connectivity index (χ1v) is 12.7. The van der Waals surface area contributed by atoms with Gasteiger partial charge in [-0.1, -0.05) is 42.5 Å². The van der Waals surface area contributed by atoms with Gasteiger partial charge in [-0.05, 0) is 42.9 Å². The fourth-order valence-electron chi connectivity index (χ4n) is 3.94. The molecular formula is C25H27ClN2O3S2. The molecule has 1 aromatic heterocycles. The number of esters is 1. The van der Waals surface area contributed by atoms with Crippen LogP contribution in [0.3, 0.4) is 0 Å². The largest absolute Gasteiger partial charge is 0.462 e. The summed E-state index contributed by atoms with van der Waals surface area (Å²) in [5.74, 6) is -0.574. The number of rotatable bonds is 7. The molecule has 174 valence electrons. The maximum atomic E-state index is 13.1. The van der Waals surface area contributed by atoms with Crippen molar-refractivity contribution in [1.29, 1.82) is 0 Å². The number of fused-ring (bicyclic) bond motifs is 1. The van der Waals surface area contributed by atoms with Gasteiger partial charge in [0.05, 0.1) is 17.7 Å². The maximum Gasteiger partial charge on any atom is 0.341 e. The number of hydrogen-bond acceptors (Lipinski definition) is 6. The summed E-state index contributed by atoms with van der Waals surface area (Å²) in [4.78, 5) is 30.3. The Kier molecular flexibility index (Phi) is 8.97. The highest BCUT2D eigenvalue weighted by molar-refractivity contribution is 7.98. The van der Waals surface area contributed by atoms with E-state index in [1.807, 2.05) is 30.5 Å². The van der Waals surface area contributed by atoms with Crippen LogP contribution in [-0.4, -0.2) is 36.2 Å². The number of ether oxygens (including phenoxy) is 1. The number of nitrogens with zero attached hydrogens (tertiary/aromatic N) is 1. The van der Waals surface area contributed by atoms with Crippen molar-refractivity contribution in [3.8, 4) is 0 Å². The second-order valence-electron chi connectivity index (χ2n) is 7.53. The Morgan fingerprint density at radius 1 is 1.12 bits per heavy atom. The molecule has 4 rings (SSSR count). The smallest absolute Gasteiger partial charge is 0.341 e. The van der Waals surface area contributed by atoms with Crippen molar-refractivity contribution >= 4 is 52.4 Å². The van der Waals surface area contributed by atoms with Crippen molar-refractivity contribution in [1.82, 2.24) is 4.90 Å². The number of anilines is 1. The molecule has 0 atom stereocenters. The summed E-state index contributed by atoms with van der Waals surface area (Å²) in [6.07, 6.45) is 2.70. The molecule has 2 heterocycles. The second kappa shape index (κ2) is 11.7. The lowest BCUT2D eigenvalue weighted by atomic mass is 10.0. The number of amides is 1. The first kappa shape index (κ1) is 25.3. The van der Waals surface area contributed by atoms with E-state index in [-0.39, 0.29) is 24.3 Å². The van der Waals surface area contributed by atoms with Gasteiger partial charge in [0.25, 0.3) is 5.91 Å². The molecule has 8 heteroatoms. The van der Waals surface area contributed by atoms with Crippen LogP contribution in [0.1, 0.15) is 43.6 Å². The second-order valence-corrected chi connectivity index (χ2v) is 9.48. The van der Waals surface area contributed by atoms with E-state index in [1.54, 1.807) is 13.0 Å². The van der Waals surface area contributed by atoms with Crippen molar-refractivity contribution in [2.75, 3.05) is 24.7 Å². The highest BCUT2D eigenvalue weighted by atomic mass is 35.5. The highest BCUT2D eigenvalue weighted by Crippen LogP contribution is 2.38. The molecule has 0 radical (unpaired) electrons. The zero-order valence-electron chi connectivity index (χ0n) is 18.6. The summed E-state index contributed by atoms with van der Waals surface area (Å²) in [5.41, 5.74) is 3.39. The van der Waals surface area contributed by atoms with Gasteiger partial charge in [-0.25, -0.2) is 4.79 Å². The molecule has 0 saturated carbocycles. The lowest BCUT2D eigenvalue weighted by molar-refractivity contribution is 0.0526. The topological polar surface area (TPSA) is 58.6 Å². The van der Waals surface area contributed by atoms with Gasteiger partial charge in [-0.2, -0.15) is 0 Å². The Labute approximate surface area is 208 Å². The fourth-order valence-corrected chi connectivity index (χ4v) is 5.81. The molecule has 1 aliphatic heterocycles. The minimum atomic E-state index is -0.366. The molecule has 33 heavy (non-hydrogen) atoms. The zero-order chi connectivity index (χ0) is 22.5. The standard InChI is InChI=1S/C25H26N2O3S2.ClH/c1-3-30-25(29)22-18-13-14-27(15-17-9-5-4-6-10-17)16-21(18)32-24(22)26-23(28)19-11-7-8-12-20(19)31-2;/h4-12H,3,13-16H2,1-2H3,(H,26,28);1H. The molecular weight excluding hydrogens is 476 g/mol. The Hall–Kier alpha value is -2.32. The molecule has 0 unspecified atom stereocenters. The molecule has 0 aliphatic carbocycles. The summed E-state index contributed by atoms with van der Waals surface area (Å²) in [6.45, 7) is 4.56. The van der Waals surface area contributed by atoms with Crippen LogP contribution in [0.15, 0.2) is 59.5 Å². The summed E-state index contributed by atoms with van der Waals surface area (Å²) in [5, 5.41) is 3.59. The first-order valence-electron chi connectivity index (χ1n) is 10.6. The summed E-state index contributed by atoms with van der Waals surface area (Å²) in [7, 11) is 0. The van der Waals surface area contributed by atoms with E-state index in [4.69, 9.17) is 4.74 Å². The molecule has 3 aromatic rings. The van der Waals surface area contributed by atoms with E-state index in [2.05, 4.69) is 34.5 Å². The summed E-state index contributed by atoms with van der Waals surface area (Å²) < 4.78 is 5.35. The van der Waals surface area contributed by atoms with Crippen LogP contribution in [0.25, 0.3) is 0 Å². The molecule has 0 bridgehead atoms. The predicted molar refractivity (Wildman–Crippen MR) is 138 cm³/mol. The van der Waals surface area contributed by atoms with E-state index in [0.29, 0.717) is 22.7 Å². The normalized spacial score (nSPS) is 13.0. The molecule has 1 N–H and O–H groups in total. The van der Waals surface area contributed by atoms with E-state index in [9.17, 15) is 9.59 Å². The van der Waals surface area contributed by atoms with E-state index in [0.717, 1.165) is 41.4 Å². The average molecular weight is 503 g/mol. The number of thioether (sulfide) groups is 1. The van der Waals surface area contributed by atoms with E-state index < -0.39 is 0 Å². The molecule has 5 nitrogen and oxygen atoms in total. The van der Waals surface area contributed by atoms with Crippen LogP contribution in [0.2, 0.25) is 0 Å². The van der Waals surface area contributed by atoms with Crippen molar-refractivity contribution in [3.63, 3.8) is 0 Å². The van der Waals surface area contributed by atoms with Crippen LogP contribution < -0.4 is 5.32 Å². The van der Waals surface area contributed by atoms with E-state index in [1.165, 1.54) is 28.7 Å². The summed E-state index contributed by atoms with van der Waals surface area (Å²) >= 11 is 3.01. The lowest BCUT2D eigenvalue weighted by Gasteiger charge is -2.27. The van der Waals surface area contributed by atoms with Gasteiger partial charge in [-0.15, -0.1) is 35.5 Å². The monoisotopic (exact) mass is 502 g/mol. The van der Waals surface area contributed by atoms with Gasteiger partial charge in [0, 0.05) is 29.4 Å². The van der Waals surface area contributed by atoms with Crippen LogP contribution in [0, 0.1) is 0 Å². The van der Waals surface area contributed by atoms with Crippen LogP contribution >= 0.6 is 35.5 Å². The number of carbonyl (C=O) groups is 2. The molecule has 1 amide bonds. The van der Waals surface area contributed by atoms with Gasteiger partial charge in [0.1, 0.15) is 5.00 Å². The Morgan fingerprint density at radius 2 is 1.85 bits per heavy atom. The molecule has 2 aromatic carbocycles. The Bertz CT molecular complexity index is 1120. The third-order valence-electron chi connectivity index (χ3n) is 5.44. The highest BCUT2D eigenvalue weighted by Gasteiger charge is 2.30. The Balaban J connectivity index is 0.00000306. The lowest BCUT2D eigenvalue weighted by Crippen LogP contribution is -2.29. The molecule has 0 spiro atoms. The van der Waals surface area contributed by atoms with Crippen molar-refractivity contribution in [2.24, 2.45) is 0 Å². The SMILES string of the molecule is CCOC(=O)c1c(NC(=O)c2ccccc2SC)sc2c1CCN(Cc1ccccc1)C2.Cl. The van der Waals surface area contributed by atoms with Crippen molar-refractivity contribution in [3.05, 3.63) is 81.7 Å². The third-order valence-corrected chi connectivity index (χ3v) is 7.37. The average Bonchev–Trinajstić information content (AvgIpc) is 3.16.